The van der Waals surface area contributed by atoms with Crippen LogP contribution in [0.25, 0.3) is 0 Å². The van der Waals surface area contributed by atoms with Gasteiger partial charge in [-0.1, -0.05) is 6.92 Å². The molecule has 4 nitrogen and oxygen atoms in total. The predicted molar refractivity (Wildman–Crippen MR) is 67.7 cm³/mol. The fourth-order valence-corrected chi connectivity index (χ4v) is 2.26. The van der Waals surface area contributed by atoms with E-state index in [1.165, 1.54) is 11.3 Å². The minimum absolute atomic E-state index is 0. The molecule has 0 spiro atoms. The summed E-state index contributed by atoms with van der Waals surface area (Å²) in [6, 6.07) is 0.331. The van der Waals surface area contributed by atoms with Crippen LogP contribution in [0.15, 0.2) is 0 Å². The summed E-state index contributed by atoms with van der Waals surface area (Å²) in [5.41, 5.74) is 9.63. The number of nitrogens with two attached hydrogens (primary N) is 1. The van der Waals surface area contributed by atoms with Gasteiger partial charge in [-0.25, -0.2) is 0 Å². The van der Waals surface area contributed by atoms with Gasteiger partial charge < -0.3 is 5.73 Å². The minimum atomic E-state index is 0. The molecule has 1 fully saturated rings. The molecule has 1 aliphatic rings. The van der Waals surface area contributed by atoms with Crippen molar-refractivity contribution in [3.05, 3.63) is 17.0 Å². The van der Waals surface area contributed by atoms with Gasteiger partial charge in [0.25, 0.3) is 0 Å². The highest BCUT2D eigenvalue weighted by molar-refractivity contribution is 5.85. The van der Waals surface area contributed by atoms with Crippen LogP contribution in [-0.4, -0.2) is 34.2 Å². The van der Waals surface area contributed by atoms with Crippen LogP contribution >= 0.6 is 12.4 Å². The highest BCUT2D eigenvalue weighted by Gasteiger charge is 2.27. The van der Waals surface area contributed by atoms with E-state index in [9.17, 15) is 0 Å². The molecule has 1 aromatic rings. The van der Waals surface area contributed by atoms with Crippen LogP contribution in [0.2, 0.25) is 0 Å². The first-order valence-corrected chi connectivity index (χ1v) is 5.56. The third-order valence-electron chi connectivity index (χ3n) is 3.41. The molecule has 1 aliphatic heterocycles. The molecule has 0 bridgehead atoms. The number of hydrogen-bond acceptors (Lipinski definition) is 3. The van der Waals surface area contributed by atoms with E-state index in [2.05, 4.69) is 35.9 Å². The second-order valence-corrected chi connectivity index (χ2v) is 4.75. The summed E-state index contributed by atoms with van der Waals surface area (Å²) in [6.45, 7) is 9.44. The molecule has 3 N–H and O–H groups in total. The largest absolute Gasteiger partial charge is 0.326 e. The zero-order valence-corrected chi connectivity index (χ0v) is 11.0. The second-order valence-electron chi connectivity index (χ2n) is 4.75. The number of aromatic amines is 1. The smallest absolute Gasteiger partial charge is 0.0639 e. The van der Waals surface area contributed by atoms with Gasteiger partial charge in [0, 0.05) is 36.9 Å². The SMILES string of the molecule is Cc1n[nH]c(C)c1CN1CC(C)C(N)C1.Cl. The number of rotatable bonds is 2. The standard InChI is InChI=1S/C11H20N4.ClH/c1-7-4-15(6-11(7)12)5-10-8(2)13-14-9(10)3;/h7,11H,4-6,12H2,1-3H3,(H,13,14);1H. The molecule has 0 saturated carbocycles. The third-order valence-corrected chi connectivity index (χ3v) is 3.41. The summed E-state index contributed by atoms with van der Waals surface area (Å²) in [6.07, 6.45) is 0. The van der Waals surface area contributed by atoms with Crippen LogP contribution in [0.5, 0.6) is 0 Å². The number of H-pyrrole nitrogens is 1. The quantitative estimate of drug-likeness (QED) is 0.823. The maximum Gasteiger partial charge on any atom is 0.0639 e. The van der Waals surface area contributed by atoms with Crippen molar-refractivity contribution in [1.29, 1.82) is 0 Å². The summed E-state index contributed by atoms with van der Waals surface area (Å²) in [5.74, 6) is 0.609. The summed E-state index contributed by atoms with van der Waals surface area (Å²) in [4.78, 5) is 2.42. The highest BCUT2D eigenvalue weighted by Crippen LogP contribution is 2.19. The summed E-state index contributed by atoms with van der Waals surface area (Å²) in [7, 11) is 0. The predicted octanol–water partition coefficient (Wildman–Crippen LogP) is 1.23. The van der Waals surface area contributed by atoms with Crippen molar-refractivity contribution in [2.45, 2.75) is 33.4 Å². The van der Waals surface area contributed by atoms with E-state index in [0.29, 0.717) is 12.0 Å². The van der Waals surface area contributed by atoms with Crippen molar-refractivity contribution in [3.8, 4) is 0 Å². The molecular weight excluding hydrogens is 224 g/mol. The van der Waals surface area contributed by atoms with Gasteiger partial charge in [0.2, 0.25) is 0 Å². The van der Waals surface area contributed by atoms with E-state index < -0.39 is 0 Å². The molecule has 16 heavy (non-hydrogen) atoms. The van der Waals surface area contributed by atoms with E-state index in [-0.39, 0.29) is 12.4 Å². The lowest BCUT2D eigenvalue weighted by Gasteiger charge is -2.15. The van der Waals surface area contributed by atoms with Crippen LogP contribution in [0.3, 0.4) is 0 Å². The molecular formula is C11H21ClN4. The molecule has 0 aliphatic carbocycles. The molecule has 5 heteroatoms. The van der Waals surface area contributed by atoms with Gasteiger partial charge in [-0.15, -0.1) is 12.4 Å². The zero-order chi connectivity index (χ0) is 11.0. The fourth-order valence-electron chi connectivity index (χ4n) is 2.26. The van der Waals surface area contributed by atoms with Crippen molar-refractivity contribution < 1.29 is 0 Å². The first-order chi connectivity index (χ1) is 7.08. The summed E-state index contributed by atoms with van der Waals surface area (Å²) >= 11 is 0. The van der Waals surface area contributed by atoms with E-state index in [1.807, 2.05) is 0 Å². The monoisotopic (exact) mass is 244 g/mol. The van der Waals surface area contributed by atoms with E-state index >= 15 is 0 Å². The number of aryl methyl sites for hydroxylation is 2. The van der Waals surface area contributed by atoms with E-state index in [4.69, 9.17) is 5.73 Å². The number of nitrogens with zero attached hydrogens (tertiary/aromatic N) is 2. The lowest BCUT2D eigenvalue weighted by Crippen LogP contribution is -2.28. The van der Waals surface area contributed by atoms with E-state index in [0.717, 1.165) is 25.3 Å². The van der Waals surface area contributed by atoms with E-state index in [1.54, 1.807) is 0 Å². The number of nitrogens with one attached hydrogen (secondary N) is 1. The molecule has 0 aromatic carbocycles. The van der Waals surface area contributed by atoms with Gasteiger partial charge in [0.1, 0.15) is 0 Å². The highest BCUT2D eigenvalue weighted by atomic mass is 35.5. The Morgan fingerprint density at radius 1 is 1.44 bits per heavy atom. The normalized spacial score (nSPS) is 25.8. The van der Waals surface area contributed by atoms with Gasteiger partial charge in [0.15, 0.2) is 0 Å². The first-order valence-electron chi connectivity index (χ1n) is 5.56. The zero-order valence-electron chi connectivity index (χ0n) is 10.2. The maximum atomic E-state index is 6.01. The van der Waals surface area contributed by atoms with Crippen LogP contribution in [0.1, 0.15) is 23.9 Å². The molecule has 92 valence electrons. The molecule has 2 unspecified atom stereocenters. The molecule has 1 aromatic heterocycles. The minimum Gasteiger partial charge on any atom is -0.326 e. The Balaban J connectivity index is 0.00000128. The molecule has 2 heterocycles. The molecule has 2 rings (SSSR count). The topological polar surface area (TPSA) is 57.9 Å². The Kier molecular flexibility index (Phi) is 4.35. The first kappa shape index (κ1) is 13.5. The average Bonchev–Trinajstić information content (AvgIpc) is 2.64. The lowest BCUT2D eigenvalue weighted by molar-refractivity contribution is 0.317. The lowest BCUT2D eigenvalue weighted by atomic mass is 10.1. The van der Waals surface area contributed by atoms with Crippen molar-refractivity contribution >= 4 is 12.4 Å². The van der Waals surface area contributed by atoms with Gasteiger partial charge >= 0.3 is 0 Å². The van der Waals surface area contributed by atoms with Crippen LogP contribution < -0.4 is 5.73 Å². The Bertz CT molecular complexity index is 320. The summed E-state index contributed by atoms with van der Waals surface area (Å²) < 4.78 is 0. The van der Waals surface area contributed by atoms with Gasteiger partial charge in [-0.2, -0.15) is 5.10 Å². The molecule has 0 amide bonds. The molecule has 2 atom stereocenters. The van der Waals surface area contributed by atoms with Crippen molar-refractivity contribution in [1.82, 2.24) is 15.1 Å². The van der Waals surface area contributed by atoms with Gasteiger partial charge in [-0.05, 0) is 19.8 Å². The van der Waals surface area contributed by atoms with Crippen molar-refractivity contribution in [3.63, 3.8) is 0 Å². The molecule has 1 saturated heterocycles. The Morgan fingerprint density at radius 2 is 2.12 bits per heavy atom. The van der Waals surface area contributed by atoms with Crippen LogP contribution in [0, 0.1) is 19.8 Å². The van der Waals surface area contributed by atoms with Gasteiger partial charge in [0.05, 0.1) is 5.69 Å². The van der Waals surface area contributed by atoms with Gasteiger partial charge in [-0.3, -0.25) is 10.00 Å². The van der Waals surface area contributed by atoms with Crippen molar-refractivity contribution in [2.75, 3.05) is 13.1 Å². The molecule has 0 radical (unpaired) electrons. The number of halogens is 1. The Labute approximate surface area is 103 Å². The summed E-state index contributed by atoms with van der Waals surface area (Å²) in [5, 5.41) is 7.24. The number of likely N-dealkylation sites (tertiary alicyclic amines) is 1. The second kappa shape index (κ2) is 5.17. The Hall–Kier alpha value is -0.580. The van der Waals surface area contributed by atoms with Crippen LogP contribution in [0.4, 0.5) is 0 Å². The Morgan fingerprint density at radius 3 is 2.56 bits per heavy atom. The van der Waals surface area contributed by atoms with Crippen molar-refractivity contribution in [2.24, 2.45) is 11.7 Å². The maximum absolute atomic E-state index is 6.01. The average molecular weight is 245 g/mol. The fraction of sp³-hybridized carbons (Fsp3) is 0.727. The van der Waals surface area contributed by atoms with Crippen LogP contribution in [-0.2, 0) is 6.54 Å². The number of aromatic nitrogens is 2. The third kappa shape index (κ3) is 2.56. The number of hydrogen-bond donors (Lipinski definition) is 2.